The number of imidazole rings is 1. The molecule has 0 amide bonds. The first-order chi connectivity index (χ1) is 25.0. The molecule has 1 aromatic rings. The second-order valence-corrected chi connectivity index (χ2v) is 15.2. The van der Waals surface area contributed by atoms with Gasteiger partial charge in [0.2, 0.25) is 0 Å². The number of nitrogens with zero attached hydrogens (tertiary/aromatic N) is 3. The van der Waals surface area contributed by atoms with Gasteiger partial charge in [-0.15, -0.1) is 0 Å². The number of rotatable bonds is 38. The summed E-state index contributed by atoms with van der Waals surface area (Å²) in [4.78, 5) is 32.0. The molecule has 0 N–H and O–H groups in total. The van der Waals surface area contributed by atoms with Gasteiger partial charge in [-0.1, -0.05) is 149 Å². The van der Waals surface area contributed by atoms with Crippen molar-refractivity contribution >= 4 is 11.9 Å². The lowest BCUT2D eigenvalue weighted by molar-refractivity contribution is -0.149. The highest BCUT2D eigenvalue weighted by atomic mass is 16.5. The first-order valence-electron chi connectivity index (χ1n) is 22.0. The lowest BCUT2D eigenvalue weighted by atomic mass is 9.94. The first-order valence-corrected chi connectivity index (χ1v) is 22.0. The molecule has 0 aromatic carbocycles. The van der Waals surface area contributed by atoms with Crippen LogP contribution in [0.4, 0.5) is 0 Å². The summed E-state index contributed by atoms with van der Waals surface area (Å²) in [5.74, 6) is 1.20. The van der Waals surface area contributed by atoms with Gasteiger partial charge in [-0.25, -0.2) is 4.98 Å². The van der Waals surface area contributed by atoms with Crippen molar-refractivity contribution in [3.8, 4) is 0 Å². The topological polar surface area (TPSA) is 73.7 Å². The maximum atomic E-state index is 13.0. The number of aryl methyl sites for hydroxylation is 1. The number of esters is 2. The summed E-state index contributed by atoms with van der Waals surface area (Å²) in [6, 6.07) is 0. The Morgan fingerprint density at radius 3 is 1.63 bits per heavy atom. The van der Waals surface area contributed by atoms with Gasteiger partial charge in [0, 0.05) is 31.9 Å². The summed E-state index contributed by atoms with van der Waals surface area (Å²) in [5.41, 5.74) is 0. The van der Waals surface area contributed by atoms with Crippen LogP contribution in [0.25, 0.3) is 0 Å². The van der Waals surface area contributed by atoms with Crippen LogP contribution in [0.1, 0.15) is 206 Å². The normalized spacial score (nSPS) is 12.1. The van der Waals surface area contributed by atoms with Crippen LogP contribution in [0.2, 0.25) is 0 Å². The molecule has 0 saturated carbocycles. The van der Waals surface area contributed by atoms with Gasteiger partial charge >= 0.3 is 11.9 Å². The fourth-order valence-corrected chi connectivity index (χ4v) is 6.95. The van der Waals surface area contributed by atoms with Crippen LogP contribution in [0.3, 0.4) is 0 Å². The minimum absolute atomic E-state index is 0.0202. The lowest BCUT2D eigenvalue weighted by Gasteiger charge is -2.23. The Kier molecular flexibility index (Phi) is 32.5. The summed E-state index contributed by atoms with van der Waals surface area (Å²) in [6.45, 7) is 14.1. The zero-order valence-electron chi connectivity index (χ0n) is 34.2. The molecule has 0 aliphatic carbocycles. The molecule has 1 atom stereocenters. The SMILES string of the molecule is CCCCCCCCCC(=O)OCCCCCCN(CCCCCCOC(=O)C(CCCCCC)CCCCCCCC)CCn1ccnc1C. The van der Waals surface area contributed by atoms with Crippen LogP contribution in [0.5, 0.6) is 0 Å². The van der Waals surface area contributed by atoms with Crippen molar-refractivity contribution in [2.24, 2.45) is 5.92 Å². The Balaban J connectivity index is 2.27. The van der Waals surface area contributed by atoms with Crippen molar-refractivity contribution < 1.29 is 19.1 Å². The molecule has 0 aliphatic heterocycles. The second-order valence-electron chi connectivity index (χ2n) is 15.2. The molecule has 0 spiro atoms. The quantitative estimate of drug-likeness (QED) is 0.0501. The van der Waals surface area contributed by atoms with Crippen molar-refractivity contribution in [1.29, 1.82) is 0 Å². The van der Waals surface area contributed by atoms with Gasteiger partial charge in [-0.3, -0.25) is 9.59 Å². The number of hydrogen-bond donors (Lipinski definition) is 0. The highest BCUT2D eigenvalue weighted by Crippen LogP contribution is 2.21. The van der Waals surface area contributed by atoms with Crippen LogP contribution in [0, 0.1) is 12.8 Å². The fraction of sp³-hybridized carbons (Fsp3) is 0.886. The van der Waals surface area contributed by atoms with E-state index in [1.165, 1.54) is 109 Å². The predicted molar refractivity (Wildman–Crippen MR) is 215 cm³/mol. The molecule has 7 heteroatoms. The molecule has 0 fully saturated rings. The molecular formula is C44H83N3O4. The fourth-order valence-electron chi connectivity index (χ4n) is 6.95. The van der Waals surface area contributed by atoms with Crippen molar-refractivity contribution in [2.75, 3.05) is 32.8 Å². The Hall–Kier alpha value is -1.89. The number of aromatic nitrogens is 2. The zero-order chi connectivity index (χ0) is 37.0. The Bertz CT molecular complexity index is 920. The first kappa shape index (κ1) is 47.1. The minimum atomic E-state index is -0.0202. The van der Waals surface area contributed by atoms with Gasteiger partial charge in [-0.2, -0.15) is 0 Å². The van der Waals surface area contributed by atoms with E-state index in [1.807, 2.05) is 6.20 Å². The van der Waals surface area contributed by atoms with E-state index >= 15 is 0 Å². The zero-order valence-corrected chi connectivity index (χ0v) is 34.2. The van der Waals surface area contributed by atoms with Gasteiger partial charge in [0.1, 0.15) is 5.82 Å². The summed E-state index contributed by atoms with van der Waals surface area (Å²) in [6.07, 6.45) is 36.4. The van der Waals surface area contributed by atoms with E-state index in [4.69, 9.17) is 9.47 Å². The highest BCUT2D eigenvalue weighted by Gasteiger charge is 2.19. The molecule has 1 aromatic heterocycles. The smallest absolute Gasteiger partial charge is 0.308 e. The monoisotopic (exact) mass is 718 g/mol. The highest BCUT2D eigenvalue weighted by molar-refractivity contribution is 5.72. The van der Waals surface area contributed by atoms with Gasteiger partial charge in [0.15, 0.2) is 0 Å². The van der Waals surface area contributed by atoms with Gasteiger partial charge in [0.05, 0.1) is 19.1 Å². The largest absolute Gasteiger partial charge is 0.466 e. The molecule has 7 nitrogen and oxygen atoms in total. The van der Waals surface area contributed by atoms with Crippen LogP contribution in [-0.2, 0) is 25.6 Å². The molecular weight excluding hydrogens is 635 g/mol. The van der Waals surface area contributed by atoms with Crippen LogP contribution < -0.4 is 0 Å². The average Bonchev–Trinajstić information content (AvgIpc) is 3.55. The van der Waals surface area contributed by atoms with E-state index in [1.54, 1.807) is 0 Å². The average molecular weight is 718 g/mol. The van der Waals surface area contributed by atoms with Gasteiger partial charge in [0.25, 0.3) is 0 Å². The van der Waals surface area contributed by atoms with E-state index in [0.29, 0.717) is 19.6 Å². The molecule has 0 saturated heterocycles. The maximum absolute atomic E-state index is 13.0. The van der Waals surface area contributed by atoms with E-state index in [-0.39, 0.29) is 17.9 Å². The van der Waals surface area contributed by atoms with Crippen molar-refractivity contribution in [2.45, 2.75) is 214 Å². The lowest BCUT2D eigenvalue weighted by Crippen LogP contribution is -2.30. The van der Waals surface area contributed by atoms with E-state index in [2.05, 4.69) is 48.3 Å². The van der Waals surface area contributed by atoms with E-state index in [9.17, 15) is 9.59 Å². The molecule has 1 heterocycles. The second kappa shape index (κ2) is 35.2. The van der Waals surface area contributed by atoms with Gasteiger partial charge < -0.3 is 18.9 Å². The number of hydrogen-bond acceptors (Lipinski definition) is 6. The molecule has 1 unspecified atom stereocenters. The number of carbonyl (C=O) groups is 2. The third-order valence-corrected chi connectivity index (χ3v) is 10.5. The maximum Gasteiger partial charge on any atom is 0.308 e. The Morgan fingerprint density at radius 1 is 0.608 bits per heavy atom. The third kappa shape index (κ3) is 28.3. The van der Waals surface area contributed by atoms with Crippen LogP contribution in [-0.4, -0.2) is 59.2 Å². The summed E-state index contributed by atoms with van der Waals surface area (Å²) in [5, 5.41) is 0. The third-order valence-electron chi connectivity index (χ3n) is 10.5. The van der Waals surface area contributed by atoms with Crippen LogP contribution in [0.15, 0.2) is 12.4 Å². The molecule has 0 radical (unpaired) electrons. The predicted octanol–water partition coefficient (Wildman–Crippen LogP) is 12.2. The minimum Gasteiger partial charge on any atom is -0.466 e. The van der Waals surface area contributed by atoms with E-state index < -0.39 is 0 Å². The Morgan fingerprint density at radius 2 is 1.08 bits per heavy atom. The summed E-state index contributed by atoms with van der Waals surface area (Å²) >= 11 is 0. The van der Waals surface area contributed by atoms with Crippen LogP contribution >= 0.6 is 0 Å². The molecule has 0 aliphatic rings. The number of ether oxygens (including phenoxy) is 2. The molecule has 0 bridgehead atoms. The molecule has 298 valence electrons. The van der Waals surface area contributed by atoms with Crippen molar-refractivity contribution in [3.05, 3.63) is 18.2 Å². The summed E-state index contributed by atoms with van der Waals surface area (Å²) < 4.78 is 13.6. The molecule has 51 heavy (non-hydrogen) atoms. The van der Waals surface area contributed by atoms with Crippen molar-refractivity contribution in [1.82, 2.24) is 14.5 Å². The number of unbranched alkanes of at least 4 members (excludes halogenated alkanes) is 20. The molecule has 1 rings (SSSR count). The Labute approximate surface area is 315 Å². The van der Waals surface area contributed by atoms with E-state index in [0.717, 1.165) is 96.2 Å². The summed E-state index contributed by atoms with van der Waals surface area (Å²) in [7, 11) is 0. The van der Waals surface area contributed by atoms with Gasteiger partial charge in [-0.05, 0) is 65.0 Å². The standard InChI is InChI=1S/C44H83N3O4/c1-5-8-11-14-16-18-25-32-43(48)50-39-28-21-19-26-34-46(37-38-47-36-33-45-41(47)4)35-27-20-22-29-40-51-44(49)42(30-23-13-10-7-3)31-24-17-15-12-9-6-2/h33,36,42H,5-32,34-35,37-40H2,1-4H3. The number of carbonyl (C=O) groups excluding carboxylic acids is 2. The van der Waals surface area contributed by atoms with Crippen molar-refractivity contribution in [3.63, 3.8) is 0 Å².